The molecule has 0 heterocycles. The summed E-state index contributed by atoms with van der Waals surface area (Å²) in [7, 11) is 0. The van der Waals surface area contributed by atoms with Gasteiger partial charge in [-0.2, -0.15) is 5.10 Å². The first-order valence-corrected chi connectivity index (χ1v) is 7.28. The minimum atomic E-state index is 0.752. The van der Waals surface area contributed by atoms with E-state index in [9.17, 15) is 0 Å². The van der Waals surface area contributed by atoms with Gasteiger partial charge in [-0.3, -0.25) is 5.43 Å². The molecule has 0 aromatic heterocycles. The zero-order valence-corrected chi connectivity index (χ0v) is 12.9. The van der Waals surface area contributed by atoms with Crippen LogP contribution in [0.3, 0.4) is 0 Å². The van der Waals surface area contributed by atoms with Gasteiger partial charge in [0.1, 0.15) is 5.75 Å². The lowest BCUT2D eigenvalue weighted by Gasteiger charge is -2.05. The molecule has 2 rings (SSSR count). The van der Waals surface area contributed by atoms with E-state index in [2.05, 4.69) is 43.4 Å². The molecule has 0 aliphatic rings. The van der Waals surface area contributed by atoms with Gasteiger partial charge in [0.15, 0.2) is 0 Å². The number of hydrogen-bond donors (Lipinski definition) is 1. The lowest BCUT2D eigenvalue weighted by atomic mass is 10.1. The maximum Gasteiger partial charge on any atom is 0.119 e. The number of benzene rings is 2. The summed E-state index contributed by atoms with van der Waals surface area (Å²) in [6.45, 7) is 7.05. The van der Waals surface area contributed by atoms with Gasteiger partial charge in [0, 0.05) is 0 Å². The van der Waals surface area contributed by atoms with Crippen LogP contribution in [0.15, 0.2) is 47.6 Å². The molecule has 0 amide bonds. The summed E-state index contributed by atoms with van der Waals surface area (Å²) < 4.78 is 5.55. The number of hydrazone groups is 1. The monoisotopic (exact) mass is 282 g/mol. The quantitative estimate of drug-likeness (QED) is 0.623. The van der Waals surface area contributed by atoms with Crippen molar-refractivity contribution in [2.45, 2.75) is 27.2 Å². The molecular weight excluding hydrogens is 260 g/mol. The van der Waals surface area contributed by atoms with Crippen LogP contribution in [0.5, 0.6) is 5.75 Å². The van der Waals surface area contributed by atoms with E-state index in [0.717, 1.165) is 30.0 Å². The Morgan fingerprint density at radius 2 is 1.81 bits per heavy atom. The molecule has 0 saturated carbocycles. The molecule has 1 N–H and O–H groups in total. The van der Waals surface area contributed by atoms with E-state index in [-0.39, 0.29) is 0 Å². The van der Waals surface area contributed by atoms with Crippen molar-refractivity contribution in [3.05, 3.63) is 59.2 Å². The van der Waals surface area contributed by atoms with E-state index >= 15 is 0 Å². The fraction of sp³-hybridized carbons (Fsp3) is 0.278. The van der Waals surface area contributed by atoms with Crippen molar-refractivity contribution in [1.82, 2.24) is 0 Å². The molecular formula is C18H22N2O. The Balaban J connectivity index is 1.93. The summed E-state index contributed by atoms with van der Waals surface area (Å²) in [4.78, 5) is 0. The van der Waals surface area contributed by atoms with Crippen LogP contribution in [-0.4, -0.2) is 12.8 Å². The second-order valence-corrected chi connectivity index (χ2v) is 5.09. The molecule has 2 aromatic carbocycles. The summed E-state index contributed by atoms with van der Waals surface area (Å²) in [5.74, 6) is 0.899. The average molecular weight is 282 g/mol. The molecule has 0 saturated heterocycles. The molecule has 21 heavy (non-hydrogen) atoms. The molecule has 0 aliphatic heterocycles. The molecule has 3 nitrogen and oxygen atoms in total. The number of nitrogens with zero attached hydrogens (tertiary/aromatic N) is 1. The van der Waals surface area contributed by atoms with Gasteiger partial charge in [0.05, 0.1) is 18.5 Å². The van der Waals surface area contributed by atoms with Gasteiger partial charge in [-0.15, -0.1) is 0 Å². The third kappa shape index (κ3) is 4.63. The van der Waals surface area contributed by atoms with Crippen LogP contribution >= 0.6 is 0 Å². The van der Waals surface area contributed by atoms with Crippen LogP contribution in [-0.2, 0) is 0 Å². The minimum absolute atomic E-state index is 0.752. The Kier molecular flexibility index (Phi) is 5.38. The van der Waals surface area contributed by atoms with Gasteiger partial charge in [0.2, 0.25) is 0 Å². The van der Waals surface area contributed by atoms with Crippen molar-refractivity contribution in [2.24, 2.45) is 5.10 Å². The van der Waals surface area contributed by atoms with E-state index in [1.54, 1.807) is 6.21 Å². The third-order valence-electron chi connectivity index (χ3n) is 3.27. The normalized spacial score (nSPS) is 10.8. The van der Waals surface area contributed by atoms with E-state index < -0.39 is 0 Å². The van der Waals surface area contributed by atoms with Crippen molar-refractivity contribution in [2.75, 3.05) is 12.0 Å². The van der Waals surface area contributed by atoms with Crippen molar-refractivity contribution in [3.63, 3.8) is 0 Å². The van der Waals surface area contributed by atoms with Gasteiger partial charge in [0.25, 0.3) is 0 Å². The standard InChI is InChI=1S/C18H22N2O/c1-4-11-21-18-9-6-16(7-10-18)13-19-20-17-8-5-14(2)15(3)12-17/h5-10,12-13,20H,4,11H2,1-3H3/b19-13+. The van der Waals surface area contributed by atoms with Crippen LogP contribution in [0.4, 0.5) is 5.69 Å². The summed E-state index contributed by atoms with van der Waals surface area (Å²) >= 11 is 0. The van der Waals surface area contributed by atoms with E-state index in [1.807, 2.05) is 30.3 Å². The molecule has 2 aromatic rings. The Labute approximate surface area is 126 Å². The van der Waals surface area contributed by atoms with Crippen LogP contribution < -0.4 is 10.2 Å². The first kappa shape index (κ1) is 15.1. The van der Waals surface area contributed by atoms with Gasteiger partial charge in [-0.25, -0.2) is 0 Å². The Hall–Kier alpha value is -2.29. The molecule has 110 valence electrons. The maximum atomic E-state index is 5.55. The van der Waals surface area contributed by atoms with Gasteiger partial charge >= 0.3 is 0 Å². The molecule has 0 atom stereocenters. The molecule has 0 bridgehead atoms. The second-order valence-electron chi connectivity index (χ2n) is 5.09. The van der Waals surface area contributed by atoms with Crippen molar-refractivity contribution in [3.8, 4) is 5.75 Å². The lowest BCUT2D eigenvalue weighted by Crippen LogP contribution is -1.95. The Bertz CT molecular complexity index is 603. The smallest absolute Gasteiger partial charge is 0.119 e. The van der Waals surface area contributed by atoms with Crippen LogP contribution in [0.2, 0.25) is 0 Å². The highest BCUT2D eigenvalue weighted by atomic mass is 16.5. The van der Waals surface area contributed by atoms with Crippen LogP contribution in [0.25, 0.3) is 0 Å². The summed E-state index contributed by atoms with van der Waals surface area (Å²) in [5.41, 5.74) is 7.62. The largest absolute Gasteiger partial charge is 0.494 e. The van der Waals surface area contributed by atoms with Crippen LogP contribution in [0, 0.1) is 13.8 Å². The molecule has 0 fully saturated rings. The van der Waals surface area contributed by atoms with E-state index in [1.165, 1.54) is 11.1 Å². The van der Waals surface area contributed by atoms with E-state index in [4.69, 9.17) is 4.74 Å². The number of rotatable bonds is 6. The number of anilines is 1. The number of ether oxygens (including phenoxy) is 1. The first-order valence-electron chi connectivity index (χ1n) is 7.28. The third-order valence-corrected chi connectivity index (χ3v) is 3.27. The molecule has 3 heteroatoms. The fourth-order valence-corrected chi connectivity index (χ4v) is 1.86. The molecule has 0 unspecified atom stereocenters. The topological polar surface area (TPSA) is 33.6 Å². The first-order chi connectivity index (χ1) is 10.2. The lowest BCUT2D eigenvalue weighted by molar-refractivity contribution is 0.317. The SMILES string of the molecule is CCCOc1ccc(/C=N/Nc2ccc(C)c(C)c2)cc1. The summed E-state index contributed by atoms with van der Waals surface area (Å²) in [6.07, 6.45) is 2.82. The van der Waals surface area contributed by atoms with Gasteiger partial charge in [-0.1, -0.05) is 13.0 Å². The molecule has 0 aliphatic carbocycles. The van der Waals surface area contributed by atoms with Crippen LogP contribution in [0.1, 0.15) is 30.0 Å². The zero-order chi connectivity index (χ0) is 15.1. The minimum Gasteiger partial charge on any atom is -0.494 e. The number of nitrogens with one attached hydrogen (secondary N) is 1. The number of aryl methyl sites for hydroxylation is 2. The molecule has 0 spiro atoms. The van der Waals surface area contributed by atoms with E-state index in [0.29, 0.717) is 0 Å². The maximum absolute atomic E-state index is 5.55. The van der Waals surface area contributed by atoms with Gasteiger partial charge < -0.3 is 4.74 Å². The van der Waals surface area contributed by atoms with Crippen molar-refractivity contribution in [1.29, 1.82) is 0 Å². The second kappa shape index (κ2) is 7.48. The van der Waals surface area contributed by atoms with Crippen molar-refractivity contribution < 1.29 is 4.74 Å². The summed E-state index contributed by atoms with van der Waals surface area (Å²) in [6, 6.07) is 14.1. The predicted molar refractivity (Wildman–Crippen MR) is 89.4 cm³/mol. The Morgan fingerprint density at radius 3 is 2.48 bits per heavy atom. The molecule has 0 radical (unpaired) electrons. The highest BCUT2D eigenvalue weighted by Gasteiger charge is 1.95. The highest BCUT2D eigenvalue weighted by molar-refractivity contribution is 5.80. The zero-order valence-electron chi connectivity index (χ0n) is 12.9. The predicted octanol–water partition coefficient (Wildman–Crippen LogP) is 4.54. The van der Waals surface area contributed by atoms with Gasteiger partial charge in [-0.05, 0) is 73.4 Å². The Morgan fingerprint density at radius 1 is 1.05 bits per heavy atom. The highest BCUT2D eigenvalue weighted by Crippen LogP contribution is 2.14. The summed E-state index contributed by atoms with van der Waals surface area (Å²) in [5, 5.41) is 4.26. The number of hydrogen-bond acceptors (Lipinski definition) is 3. The van der Waals surface area contributed by atoms with Crippen molar-refractivity contribution >= 4 is 11.9 Å². The average Bonchev–Trinajstić information content (AvgIpc) is 2.50. The fourth-order valence-electron chi connectivity index (χ4n) is 1.86.